The van der Waals surface area contributed by atoms with Crippen LogP contribution in [0, 0.1) is 6.42 Å². The SMILES string of the molecule is FC1=C[CH]CC=C1Oc1cccnc1. The summed E-state index contributed by atoms with van der Waals surface area (Å²) in [6.07, 6.45) is 8.73. The van der Waals surface area contributed by atoms with E-state index in [1.54, 1.807) is 37.0 Å². The lowest BCUT2D eigenvalue weighted by Crippen LogP contribution is -1.99. The minimum absolute atomic E-state index is 0.264. The standard InChI is InChI=1S/C11H9FNO/c12-10-5-1-2-6-11(10)14-9-4-3-7-13-8-9/h1,3-8H,2H2. The van der Waals surface area contributed by atoms with Crippen LogP contribution in [0.5, 0.6) is 5.75 Å². The fraction of sp³-hybridized carbons (Fsp3) is 0.0909. The summed E-state index contributed by atoms with van der Waals surface area (Å²) in [6, 6.07) is 3.48. The number of rotatable bonds is 2. The third-order valence-electron chi connectivity index (χ3n) is 1.80. The van der Waals surface area contributed by atoms with Crippen molar-refractivity contribution in [1.29, 1.82) is 0 Å². The van der Waals surface area contributed by atoms with Crippen LogP contribution in [0.15, 0.2) is 48.3 Å². The molecule has 1 aromatic rings. The van der Waals surface area contributed by atoms with Gasteiger partial charge in [-0.05, 0) is 37.1 Å². The van der Waals surface area contributed by atoms with Crippen LogP contribution < -0.4 is 4.74 Å². The highest BCUT2D eigenvalue weighted by atomic mass is 19.1. The summed E-state index contributed by atoms with van der Waals surface area (Å²) >= 11 is 0. The van der Waals surface area contributed by atoms with E-state index in [1.165, 1.54) is 6.08 Å². The maximum Gasteiger partial charge on any atom is 0.161 e. The van der Waals surface area contributed by atoms with Crippen molar-refractivity contribution < 1.29 is 9.13 Å². The molecule has 1 radical (unpaired) electrons. The van der Waals surface area contributed by atoms with E-state index in [4.69, 9.17) is 4.74 Å². The Bertz CT molecular complexity index is 370. The number of ether oxygens (including phenoxy) is 1. The van der Waals surface area contributed by atoms with Crippen molar-refractivity contribution in [3.63, 3.8) is 0 Å². The van der Waals surface area contributed by atoms with Crippen molar-refractivity contribution in [2.45, 2.75) is 6.42 Å². The van der Waals surface area contributed by atoms with Crippen LogP contribution >= 0.6 is 0 Å². The zero-order valence-electron chi connectivity index (χ0n) is 7.48. The number of aromatic nitrogens is 1. The van der Waals surface area contributed by atoms with E-state index in [0.717, 1.165) is 0 Å². The van der Waals surface area contributed by atoms with E-state index in [-0.39, 0.29) is 11.6 Å². The Morgan fingerprint density at radius 2 is 2.36 bits per heavy atom. The molecule has 3 heteroatoms. The summed E-state index contributed by atoms with van der Waals surface area (Å²) < 4.78 is 18.5. The van der Waals surface area contributed by atoms with E-state index in [1.807, 2.05) is 0 Å². The van der Waals surface area contributed by atoms with Crippen LogP contribution in [0.25, 0.3) is 0 Å². The average Bonchev–Trinajstić information content (AvgIpc) is 2.23. The summed E-state index contributed by atoms with van der Waals surface area (Å²) in [5.74, 6) is 0.463. The van der Waals surface area contributed by atoms with E-state index in [2.05, 4.69) is 4.98 Å². The Labute approximate surface area is 81.7 Å². The first-order chi connectivity index (χ1) is 6.86. The lowest BCUT2D eigenvalue weighted by atomic mass is 10.1. The maximum absolute atomic E-state index is 13.1. The summed E-state index contributed by atoms with van der Waals surface area (Å²) in [4.78, 5) is 3.87. The highest BCUT2D eigenvalue weighted by Gasteiger charge is 2.10. The van der Waals surface area contributed by atoms with Gasteiger partial charge in [0.05, 0.1) is 6.20 Å². The van der Waals surface area contributed by atoms with Gasteiger partial charge in [-0.3, -0.25) is 4.98 Å². The molecule has 0 bridgehead atoms. The van der Waals surface area contributed by atoms with Crippen molar-refractivity contribution in [2.75, 3.05) is 0 Å². The third kappa shape index (κ3) is 1.99. The van der Waals surface area contributed by atoms with Gasteiger partial charge in [0.1, 0.15) is 5.75 Å². The second kappa shape index (κ2) is 4.05. The number of pyridine rings is 1. The fourth-order valence-corrected chi connectivity index (χ4v) is 1.15. The molecule has 71 valence electrons. The highest BCUT2D eigenvalue weighted by molar-refractivity contribution is 5.31. The lowest BCUT2D eigenvalue weighted by molar-refractivity contribution is 0.397. The monoisotopic (exact) mass is 190 g/mol. The van der Waals surface area contributed by atoms with Gasteiger partial charge < -0.3 is 4.74 Å². The largest absolute Gasteiger partial charge is 0.453 e. The third-order valence-corrected chi connectivity index (χ3v) is 1.80. The molecule has 0 aliphatic heterocycles. The summed E-state index contributed by atoms with van der Waals surface area (Å²) in [6.45, 7) is 0. The Hall–Kier alpha value is -1.64. The quantitative estimate of drug-likeness (QED) is 0.715. The van der Waals surface area contributed by atoms with E-state index >= 15 is 0 Å². The number of nitrogens with zero attached hydrogens (tertiary/aromatic N) is 1. The molecule has 0 fully saturated rings. The van der Waals surface area contributed by atoms with E-state index < -0.39 is 0 Å². The summed E-state index contributed by atoms with van der Waals surface area (Å²) in [7, 11) is 0. The number of hydrogen-bond donors (Lipinski definition) is 0. The summed E-state index contributed by atoms with van der Waals surface area (Å²) in [5, 5.41) is 0. The van der Waals surface area contributed by atoms with Gasteiger partial charge in [-0.15, -0.1) is 0 Å². The Morgan fingerprint density at radius 1 is 1.43 bits per heavy atom. The number of halogens is 1. The lowest BCUT2D eigenvalue weighted by Gasteiger charge is -2.10. The average molecular weight is 190 g/mol. The molecule has 0 spiro atoms. The molecule has 0 unspecified atom stereocenters. The molecule has 0 atom stereocenters. The zero-order chi connectivity index (χ0) is 9.80. The van der Waals surface area contributed by atoms with E-state index in [9.17, 15) is 4.39 Å². The van der Waals surface area contributed by atoms with E-state index in [0.29, 0.717) is 12.2 Å². The van der Waals surface area contributed by atoms with Crippen molar-refractivity contribution in [2.24, 2.45) is 0 Å². The minimum Gasteiger partial charge on any atom is -0.453 e. The molecule has 2 nitrogen and oxygen atoms in total. The first-order valence-electron chi connectivity index (χ1n) is 4.33. The molecule has 2 rings (SSSR count). The fourth-order valence-electron chi connectivity index (χ4n) is 1.15. The van der Waals surface area contributed by atoms with Gasteiger partial charge in [0, 0.05) is 6.20 Å². The van der Waals surface area contributed by atoms with Gasteiger partial charge in [-0.25, -0.2) is 4.39 Å². The van der Waals surface area contributed by atoms with Crippen LogP contribution in [0.4, 0.5) is 4.39 Å². The summed E-state index contributed by atoms with van der Waals surface area (Å²) in [5.41, 5.74) is 0. The van der Waals surface area contributed by atoms with Gasteiger partial charge >= 0.3 is 0 Å². The molecule has 0 amide bonds. The van der Waals surface area contributed by atoms with Crippen molar-refractivity contribution in [3.8, 4) is 5.75 Å². The topological polar surface area (TPSA) is 22.1 Å². The molecule has 0 N–H and O–H groups in total. The molecular formula is C11H9FNO. The predicted molar refractivity (Wildman–Crippen MR) is 51.1 cm³/mol. The van der Waals surface area contributed by atoms with Crippen LogP contribution in [0.1, 0.15) is 6.42 Å². The Balaban J connectivity index is 2.12. The second-order valence-electron chi connectivity index (χ2n) is 2.85. The van der Waals surface area contributed by atoms with Gasteiger partial charge in [-0.2, -0.15) is 0 Å². The van der Waals surface area contributed by atoms with Gasteiger partial charge in [0.15, 0.2) is 11.6 Å². The van der Waals surface area contributed by atoms with Crippen molar-refractivity contribution in [3.05, 3.63) is 54.7 Å². The molecule has 0 saturated heterocycles. The Morgan fingerprint density at radius 3 is 3.07 bits per heavy atom. The van der Waals surface area contributed by atoms with Crippen LogP contribution in [0.2, 0.25) is 0 Å². The van der Waals surface area contributed by atoms with Crippen LogP contribution in [-0.2, 0) is 0 Å². The predicted octanol–water partition coefficient (Wildman–Crippen LogP) is 2.81. The second-order valence-corrected chi connectivity index (χ2v) is 2.85. The number of allylic oxidation sites excluding steroid dienone is 3. The molecule has 0 saturated carbocycles. The minimum atomic E-state index is -0.347. The maximum atomic E-state index is 13.1. The molecule has 0 aromatic carbocycles. The van der Waals surface area contributed by atoms with Crippen LogP contribution in [0.3, 0.4) is 0 Å². The van der Waals surface area contributed by atoms with Crippen LogP contribution in [-0.4, -0.2) is 4.98 Å². The van der Waals surface area contributed by atoms with Crippen molar-refractivity contribution in [1.82, 2.24) is 4.98 Å². The molecule has 14 heavy (non-hydrogen) atoms. The highest BCUT2D eigenvalue weighted by Crippen LogP contribution is 2.22. The molecule has 1 aliphatic rings. The Kier molecular flexibility index (Phi) is 2.58. The molecule has 1 aliphatic carbocycles. The van der Waals surface area contributed by atoms with Crippen molar-refractivity contribution >= 4 is 0 Å². The van der Waals surface area contributed by atoms with Gasteiger partial charge in [-0.1, -0.05) is 0 Å². The zero-order valence-corrected chi connectivity index (χ0v) is 7.48. The molecular weight excluding hydrogens is 181 g/mol. The molecule has 1 aromatic heterocycles. The first-order valence-corrected chi connectivity index (χ1v) is 4.33. The van der Waals surface area contributed by atoms with Gasteiger partial charge in [0.25, 0.3) is 0 Å². The molecule has 1 heterocycles. The van der Waals surface area contributed by atoms with Gasteiger partial charge in [0.2, 0.25) is 0 Å². The first kappa shape index (κ1) is 8.94. The number of hydrogen-bond acceptors (Lipinski definition) is 2. The smallest absolute Gasteiger partial charge is 0.161 e. The normalized spacial score (nSPS) is 15.8.